The summed E-state index contributed by atoms with van der Waals surface area (Å²) in [4.78, 5) is 72.7. The summed E-state index contributed by atoms with van der Waals surface area (Å²) < 4.78 is 12.4. The molecule has 0 aromatic heterocycles. The first-order valence-corrected chi connectivity index (χ1v) is 46.3. The Kier molecular flexibility index (Phi) is 92.8. The minimum absolute atomic E-state index is 0. The number of unbranched alkanes of at least 4 members (excludes halogenated alkanes) is 48. The Morgan fingerprint density at radius 1 is 0.217 bits per heavy atom. The third-order valence-electron chi connectivity index (χ3n) is 19.3. The molecule has 0 rings (SSSR count). The molecule has 4 amide bonds. The minimum Gasteiger partial charge on any atom is -1.00 e. The zero-order valence-electron chi connectivity index (χ0n) is 74.0. The van der Waals surface area contributed by atoms with Crippen LogP contribution in [0.1, 0.15) is 413 Å². The first-order chi connectivity index (χ1) is 49.8. The van der Waals surface area contributed by atoms with Crippen molar-refractivity contribution in [2.24, 2.45) is 0 Å². The van der Waals surface area contributed by atoms with Crippen LogP contribution in [0.3, 0.4) is 0 Å². The van der Waals surface area contributed by atoms with Crippen LogP contribution in [0.25, 0.3) is 0 Å². The number of phosphoric acid groups is 1. The zero-order chi connectivity index (χ0) is 79.7. The lowest BCUT2D eigenvalue weighted by Crippen LogP contribution is -3.00. The number of halogens is 1. The van der Waals surface area contributed by atoms with E-state index in [2.05, 4.69) is 134 Å². The van der Waals surface area contributed by atoms with E-state index >= 15 is 0 Å². The maximum Gasteiger partial charge on any atom is 0.219 e. The average molecular weight is 1550 g/mol. The van der Waals surface area contributed by atoms with Crippen LogP contribution in [-0.2, 0) is 23.7 Å². The van der Waals surface area contributed by atoms with Crippen LogP contribution in [0.15, 0.2) is 0 Å². The number of amides is 4. The highest BCUT2D eigenvalue weighted by Gasteiger charge is 2.11. The highest BCUT2D eigenvalue weighted by molar-refractivity contribution is 7.40. The molecule has 0 spiro atoms. The van der Waals surface area contributed by atoms with Gasteiger partial charge in [-0.15, -0.1) is 0 Å². The van der Waals surface area contributed by atoms with Gasteiger partial charge in [0, 0.05) is 77.5 Å². The standard InChI is InChI=1S/4C22H46N2O.ClH.H3O4P/c4*1-5-6-7-8-9-10-11-12-13-14-15-16-17-19-22(25)23-20-18-21-24(2,3)4;;1-5(2,3)4/h4*5-21H2,1-4H3;1H;(H3,1,2,3,4). The summed E-state index contributed by atoms with van der Waals surface area (Å²) in [7, 11) is 20.9. The third-order valence-corrected chi connectivity index (χ3v) is 19.3. The van der Waals surface area contributed by atoms with Gasteiger partial charge in [0.25, 0.3) is 0 Å². The molecular formula is C88H188ClN8O8P. The van der Waals surface area contributed by atoms with Crippen LogP contribution in [-0.4, -0.2) is 178 Å². The summed E-state index contributed by atoms with van der Waals surface area (Å²) in [6.45, 7) is 16.9. The SMILES string of the molecule is CCCCCCCCCCCCCCCC(=O)NCCC[N+](C)(C)C.CCCCCCCCCCCCCCCC(=O)NCCC[N+](C)(C)C.CCCCCCCCCCCCCCCC(=O)NCCC[N+](C)(C)C.CCCCCCCCCCCCCCCC(=O)NCCC[N+](C)(C)C.O=P([O-])([O-])[O-].[Cl-]. The van der Waals surface area contributed by atoms with Crippen molar-refractivity contribution in [1.29, 1.82) is 0 Å². The molecular weight excluding hydrogens is 1360 g/mol. The second kappa shape index (κ2) is 85.5. The van der Waals surface area contributed by atoms with Gasteiger partial charge in [-0.3, -0.25) is 19.2 Å². The van der Waals surface area contributed by atoms with Crippen molar-refractivity contribution in [2.75, 3.05) is 137 Å². The van der Waals surface area contributed by atoms with Crippen molar-refractivity contribution < 1.29 is 68.8 Å². The average Bonchev–Trinajstić information content (AvgIpc) is 1.81. The molecule has 0 unspecified atom stereocenters. The minimum atomic E-state index is -5.39. The summed E-state index contributed by atoms with van der Waals surface area (Å²) >= 11 is 0. The molecule has 0 aliphatic heterocycles. The first-order valence-electron chi connectivity index (χ1n) is 44.8. The van der Waals surface area contributed by atoms with Crippen LogP contribution < -0.4 is 48.4 Å². The van der Waals surface area contributed by atoms with E-state index in [1.165, 1.54) is 308 Å². The van der Waals surface area contributed by atoms with Crippen LogP contribution in [0.2, 0.25) is 0 Å². The summed E-state index contributed by atoms with van der Waals surface area (Å²) in [5.41, 5.74) is 0. The van der Waals surface area contributed by atoms with Crippen LogP contribution in [0.5, 0.6) is 0 Å². The molecule has 0 heterocycles. The molecule has 640 valence electrons. The summed E-state index contributed by atoms with van der Waals surface area (Å²) in [5.74, 6) is 0.961. The highest BCUT2D eigenvalue weighted by atomic mass is 35.5. The van der Waals surface area contributed by atoms with Gasteiger partial charge >= 0.3 is 0 Å². The van der Waals surface area contributed by atoms with Crippen molar-refractivity contribution >= 4 is 31.5 Å². The van der Waals surface area contributed by atoms with E-state index in [9.17, 15) is 19.2 Å². The van der Waals surface area contributed by atoms with Gasteiger partial charge in [0.05, 0.1) is 111 Å². The van der Waals surface area contributed by atoms with Crippen molar-refractivity contribution in [3.05, 3.63) is 0 Å². The van der Waals surface area contributed by atoms with Crippen molar-refractivity contribution in [3.8, 4) is 0 Å². The molecule has 0 saturated carbocycles. The number of carbonyl (C=O) groups excluding carboxylic acids is 4. The fourth-order valence-electron chi connectivity index (χ4n) is 12.7. The quantitative estimate of drug-likeness (QED) is 0.0261. The largest absolute Gasteiger partial charge is 1.00 e. The Hall–Kier alpha value is -1.88. The van der Waals surface area contributed by atoms with Gasteiger partial charge < -0.3 is 70.9 Å². The molecule has 18 heteroatoms. The monoisotopic (exact) mass is 1550 g/mol. The summed E-state index contributed by atoms with van der Waals surface area (Å²) in [6.07, 6.45) is 77.5. The van der Waals surface area contributed by atoms with Gasteiger partial charge in [0.15, 0.2) is 0 Å². The van der Waals surface area contributed by atoms with Crippen LogP contribution >= 0.6 is 7.82 Å². The maximum absolute atomic E-state index is 11.8. The van der Waals surface area contributed by atoms with Crippen molar-refractivity contribution in [3.63, 3.8) is 0 Å². The molecule has 0 atom stereocenters. The van der Waals surface area contributed by atoms with Gasteiger partial charge in [-0.1, -0.05) is 336 Å². The van der Waals surface area contributed by atoms with Crippen LogP contribution in [0.4, 0.5) is 0 Å². The predicted molar refractivity (Wildman–Crippen MR) is 451 cm³/mol. The number of quaternary nitrogens is 4. The van der Waals surface area contributed by atoms with Gasteiger partial charge in [0.1, 0.15) is 0 Å². The Morgan fingerprint density at radius 2 is 0.321 bits per heavy atom. The smallest absolute Gasteiger partial charge is 0.219 e. The Labute approximate surface area is 667 Å². The van der Waals surface area contributed by atoms with Crippen LogP contribution in [0, 0.1) is 0 Å². The third kappa shape index (κ3) is 129. The summed E-state index contributed by atoms with van der Waals surface area (Å²) in [6, 6.07) is 0. The molecule has 0 aliphatic rings. The lowest BCUT2D eigenvalue weighted by molar-refractivity contribution is -0.870. The second-order valence-corrected chi connectivity index (χ2v) is 36.2. The lowest BCUT2D eigenvalue weighted by atomic mass is 10.0. The molecule has 0 aromatic rings. The van der Waals surface area contributed by atoms with Gasteiger partial charge in [-0.2, -0.15) is 7.82 Å². The molecule has 0 saturated heterocycles. The predicted octanol–water partition coefficient (Wildman–Crippen LogP) is 16.9. The normalized spacial score (nSPS) is 11.6. The van der Waals surface area contributed by atoms with E-state index < -0.39 is 7.82 Å². The number of carbonyl (C=O) groups is 4. The molecule has 0 fully saturated rings. The molecule has 16 nitrogen and oxygen atoms in total. The fraction of sp³-hybridized carbons (Fsp3) is 0.955. The Bertz CT molecular complexity index is 1610. The number of rotatable bonds is 72. The van der Waals surface area contributed by atoms with E-state index in [1.54, 1.807) is 0 Å². The molecule has 0 radical (unpaired) electrons. The van der Waals surface area contributed by atoms with Gasteiger partial charge in [-0.25, -0.2) is 0 Å². The Morgan fingerprint density at radius 3 is 0.425 bits per heavy atom. The first kappa shape index (κ1) is 115. The number of hydrogen-bond donors (Lipinski definition) is 4. The van der Waals surface area contributed by atoms with E-state index in [1.807, 2.05) is 0 Å². The van der Waals surface area contributed by atoms with Gasteiger partial charge in [0.2, 0.25) is 23.6 Å². The van der Waals surface area contributed by atoms with E-state index in [0.717, 1.165) is 122 Å². The molecule has 4 N–H and O–H groups in total. The maximum atomic E-state index is 11.8. The number of nitrogens with one attached hydrogen (secondary N) is 4. The molecule has 0 aromatic carbocycles. The molecule has 106 heavy (non-hydrogen) atoms. The van der Waals surface area contributed by atoms with Crippen molar-refractivity contribution in [1.82, 2.24) is 21.3 Å². The number of hydrogen-bond acceptors (Lipinski definition) is 8. The van der Waals surface area contributed by atoms with Crippen molar-refractivity contribution in [2.45, 2.75) is 413 Å². The fourth-order valence-corrected chi connectivity index (χ4v) is 12.7. The van der Waals surface area contributed by atoms with E-state index in [4.69, 9.17) is 19.2 Å². The lowest BCUT2D eigenvalue weighted by Gasteiger charge is -2.36. The topological polar surface area (TPSA) is 203 Å². The second-order valence-electron chi connectivity index (χ2n) is 35.3. The van der Waals surface area contributed by atoms with E-state index in [-0.39, 0.29) is 36.0 Å². The molecule has 0 aliphatic carbocycles. The van der Waals surface area contributed by atoms with E-state index in [0.29, 0.717) is 25.7 Å². The highest BCUT2D eigenvalue weighted by Crippen LogP contribution is 2.18. The zero-order valence-corrected chi connectivity index (χ0v) is 75.6. The summed E-state index contributed by atoms with van der Waals surface area (Å²) in [5, 5.41) is 12.2. The van der Waals surface area contributed by atoms with Gasteiger partial charge in [-0.05, 0) is 25.7 Å². The number of nitrogens with zero attached hydrogens (tertiary/aromatic N) is 4. The Balaban J connectivity index is -0.000000306. The molecule has 0 bridgehead atoms.